The summed E-state index contributed by atoms with van der Waals surface area (Å²) < 4.78 is 5.86. The lowest BCUT2D eigenvalue weighted by atomic mass is 9.81. The minimum atomic E-state index is -0.217. The zero-order chi connectivity index (χ0) is 20.4. The number of hydrogen-bond donors (Lipinski definition) is 1. The predicted molar refractivity (Wildman–Crippen MR) is 111 cm³/mol. The van der Waals surface area contributed by atoms with Crippen LogP contribution in [0, 0.1) is 23.7 Å². The van der Waals surface area contributed by atoms with Gasteiger partial charge in [-0.25, -0.2) is 0 Å². The molecule has 0 spiro atoms. The topological polar surface area (TPSA) is 79.6 Å². The second-order valence-corrected chi connectivity index (χ2v) is 8.82. The van der Waals surface area contributed by atoms with Crippen LogP contribution in [0.4, 0.5) is 5.69 Å². The summed E-state index contributed by atoms with van der Waals surface area (Å²) in [7, 11) is 0. The van der Waals surface area contributed by atoms with Gasteiger partial charge in [-0.2, -0.15) is 0 Å². The van der Waals surface area contributed by atoms with Crippen LogP contribution < -0.4 is 5.32 Å². The molecule has 1 N–H and O–H groups in total. The van der Waals surface area contributed by atoms with Crippen LogP contribution in [0.5, 0.6) is 0 Å². The molecular formula is C24H22N2O4. The molecule has 2 heterocycles. The lowest BCUT2D eigenvalue weighted by molar-refractivity contribution is -0.140. The minimum Gasteiger partial charge on any atom is -0.456 e. The van der Waals surface area contributed by atoms with E-state index < -0.39 is 0 Å². The Hall–Kier alpha value is -3.15. The van der Waals surface area contributed by atoms with Gasteiger partial charge in [0.25, 0.3) is 0 Å². The Morgan fingerprint density at radius 1 is 0.967 bits per heavy atom. The summed E-state index contributed by atoms with van der Waals surface area (Å²) in [6.45, 7) is 0.156. The average Bonchev–Trinajstić information content (AvgIpc) is 3.49. The molecule has 1 aliphatic heterocycles. The van der Waals surface area contributed by atoms with Crippen LogP contribution in [-0.4, -0.2) is 29.2 Å². The standard InChI is InChI=1S/C24H22N2O4/c27-20(9-10-26-23(28)21-13-5-6-14(11-13)22(21)24(26)29)25-15-7-8-17-16-3-1-2-4-18(16)30-19(17)12-15/h1-4,7-8,12-14,21-22H,5-6,9-11H2,(H,25,27)/t13-,14-,21-,22+/m0/s1. The Balaban J connectivity index is 1.14. The Morgan fingerprint density at radius 3 is 2.43 bits per heavy atom. The predicted octanol–water partition coefficient (Wildman–Crippen LogP) is 3.95. The third-order valence-electron chi connectivity index (χ3n) is 7.24. The van der Waals surface area contributed by atoms with E-state index in [2.05, 4.69) is 5.32 Å². The number of carbonyl (C=O) groups excluding carboxylic acids is 3. The molecule has 4 atom stereocenters. The summed E-state index contributed by atoms with van der Waals surface area (Å²) in [6.07, 6.45) is 3.24. The maximum Gasteiger partial charge on any atom is 0.233 e. The van der Waals surface area contributed by atoms with Crippen LogP contribution >= 0.6 is 0 Å². The van der Waals surface area contributed by atoms with Crippen molar-refractivity contribution in [1.29, 1.82) is 0 Å². The molecule has 3 fully saturated rings. The number of furan rings is 1. The molecule has 6 heteroatoms. The fourth-order valence-electron chi connectivity index (χ4n) is 5.93. The van der Waals surface area contributed by atoms with Crippen molar-refractivity contribution in [2.24, 2.45) is 23.7 Å². The van der Waals surface area contributed by atoms with Crippen molar-refractivity contribution >= 4 is 45.3 Å². The van der Waals surface area contributed by atoms with E-state index in [-0.39, 0.29) is 42.5 Å². The van der Waals surface area contributed by atoms with Crippen LogP contribution in [0.2, 0.25) is 0 Å². The number of imide groups is 1. The highest BCUT2D eigenvalue weighted by molar-refractivity contribution is 6.07. The third kappa shape index (κ3) is 2.52. The fourth-order valence-corrected chi connectivity index (χ4v) is 5.93. The van der Waals surface area contributed by atoms with Crippen molar-refractivity contribution < 1.29 is 18.8 Å². The van der Waals surface area contributed by atoms with Crippen molar-refractivity contribution in [1.82, 2.24) is 4.90 Å². The van der Waals surface area contributed by atoms with Gasteiger partial charge >= 0.3 is 0 Å². The number of anilines is 1. The highest BCUT2D eigenvalue weighted by Gasteiger charge is 2.60. The molecule has 152 valence electrons. The van der Waals surface area contributed by atoms with Gasteiger partial charge in [0.2, 0.25) is 17.7 Å². The quantitative estimate of drug-likeness (QED) is 0.670. The van der Waals surface area contributed by atoms with Crippen LogP contribution in [0.25, 0.3) is 21.9 Å². The Morgan fingerprint density at radius 2 is 1.67 bits per heavy atom. The number of fused-ring (bicyclic) bond motifs is 8. The van der Waals surface area contributed by atoms with Gasteiger partial charge in [-0.3, -0.25) is 19.3 Å². The number of rotatable bonds is 4. The molecule has 1 aromatic heterocycles. The Kier molecular flexibility index (Phi) is 3.79. The van der Waals surface area contributed by atoms with Gasteiger partial charge in [-0.15, -0.1) is 0 Å². The van der Waals surface area contributed by atoms with Gasteiger partial charge in [-0.1, -0.05) is 18.2 Å². The monoisotopic (exact) mass is 402 g/mol. The van der Waals surface area contributed by atoms with E-state index in [0.717, 1.165) is 35.6 Å². The molecule has 6 rings (SSSR count). The molecule has 30 heavy (non-hydrogen) atoms. The summed E-state index contributed by atoms with van der Waals surface area (Å²) in [4.78, 5) is 39.3. The number of nitrogens with zero attached hydrogens (tertiary/aromatic N) is 1. The molecule has 0 unspecified atom stereocenters. The van der Waals surface area contributed by atoms with E-state index in [4.69, 9.17) is 4.42 Å². The number of benzene rings is 2. The van der Waals surface area contributed by atoms with E-state index in [9.17, 15) is 14.4 Å². The number of likely N-dealkylation sites (tertiary alicyclic amines) is 1. The molecular weight excluding hydrogens is 380 g/mol. The average molecular weight is 402 g/mol. The van der Waals surface area contributed by atoms with E-state index in [0.29, 0.717) is 23.1 Å². The van der Waals surface area contributed by atoms with E-state index >= 15 is 0 Å². The molecule has 1 saturated heterocycles. The normalized spacial score (nSPS) is 27.4. The number of amides is 3. The molecule has 2 aliphatic carbocycles. The first-order valence-electron chi connectivity index (χ1n) is 10.7. The first kappa shape index (κ1) is 17.7. The smallest absolute Gasteiger partial charge is 0.233 e. The molecule has 2 bridgehead atoms. The van der Waals surface area contributed by atoms with Gasteiger partial charge in [0.15, 0.2) is 0 Å². The Bertz CT molecular complexity index is 1180. The number of para-hydroxylation sites is 1. The lowest BCUT2D eigenvalue weighted by Gasteiger charge is -2.19. The Labute approximate surface area is 173 Å². The fraction of sp³-hybridized carbons (Fsp3) is 0.375. The number of hydrogen-bond acceptors (Lipinski definition) is 4. The molecule has 0 radical (unpaired) electrons. The van der Waals surface area contributed by atoms with Crippen LogP contribution in [0.15, 0.2) is 46.9 Å². The van der Waals surface area contributed by atoms with E-state index in [1.807, 2.05) is 42.5 Å². The largest absolute Gasteiger partial charge is 0.456 e. The van der Waals surface area contributed by atoms with E-state index in [1.54, 1.807) is 0 Å². The summed E-state index contributed by atoms with van der Waals surface area (Å²) in [5.41, 5.74) is 2.16. The molecule has 3 aromatic rings. The highest BCUT2D eigenvalue weighted by Crippen LogP contribution is 2.56. The molecule has 3 aliphatic rings. The second-order valence-electron chi connectivity index (χ2n) is 8.82. The summed E-state index contributed by atoms with van der Waals surface area (Å²) in [6, 6.07) is 13.4. The van der Waals surface area contributed by atoms with Gasteiger partial charge in [0, 0.05) is 35.5 Å². The van der Waals surface area contributed by atoms with Crippen molar-refractivity contribution in [3.8, 4) is 0 Å². The highest BCUT2D eigenvalue weighted by atomic mass is 16.3. The summed E-state index contributed by atoms with van der Waals surface area (Å²) >= 11 is 0. The van der Waals surface area contributed by atoms with Crippen LogP contribution in [-0.2, 0) is 14.4 Å². The molecule has 2 aromatic carbocycles. The van der Waals surface area contributed by atoms with Crippen molar-refractivity contribution in [2.45, 2.75) is 25.7 Å². The molecule has 6 nitrogen and oxygen atoms in total. The van der Waals surface area contributed by atoms with Gasteiger partial charge in [0.1, 0.15) is 11.2 Å². The van der Waals surface area contributed by atoms with Crippen molar-refractivity contribution in [2.75, 3.05) is 11.9 Å². The second kappa shape index (κ2) is 6.42. The zero-order valence-electron chi connectivity index (χ0n) is 16.5. The maximum absolute atomic E-state index is 12.8. The first-order valence-corrected chi connectivity index (χ1v) is 10.7. The third-order valence-corrected chi connectivity index (χ3v) is 7.24. The van der Waals surface area contributed by atoms with Crippen LogP contribution in [0.3, 0.4) is 0 Å². The molecule has 2 saturated carbocycles. The van der Waals surface area contributed by atoms with Gasteiger partial charge in [-0.05, 0) is 49.3 Å². The minimum absolute atomic E-state index is 0.0614. The van der Waals surface area contributed by atoms with Gasteiger partial charge < -0.3 is 9.73 Å². The summed E-state index contributed by atoms with van der Waals surface area (Å²) in [5, 5.41) is 4.90. The zero-order valence-corrected chi connectivity index (χ0v) is 16.5. The SMILES string of the molecule is O=C(CCN1C(=O)[C@@H]2[C@H]3CC[C@@H](C3)[C@@H]2C1=O)Nc1ccc2c(c1)oc1ccccc12. The number of nitrogens with one attached hydrogen (secondary N) is 1. The maximum atomic E-state index is 12.8. The molecule has 3 amide bonds. The summed E-state index contributed by atoms with van der Waals surface area (Å²) in [5.74, 6) is 0.134. The van der Waals surface area contributed by atoms with Crippen molar-refractivity contribution in [3.63, 3.8) is 0 Å². The first-order chi connectivity index (χ1) is 14.6. The van der Waals surface area contributed by atoms with E-state index in [1.165, 1.54) is 4.90 Å². The van der Waals surface area contributed by atoms with Crippen LogP contribution in [0.1, 0.15) is 25.7 Å². The number of carbonyl (C=O) groups is 3. The van der Waals surface area contributed by atoms with Gasteiger partial charge in [0.05, 0.1) is 11.8 Å². The van der Waals surface area contributed by atoms with Crippen molar-refractivity contribution in [3.05, 3.63) is 42.5 Å². The lowest BCUT2D eigenvalue weighted by Crippen LogP contribution is -2.35.